The Morgan fingerprint density at radius 3 is 2.79 bits per heavy atom. The van der Waals surface area contributed by atoms with Gasteiger partial charge in [0.25, 0.3) is 17.7 Å². The summed E-state index contributed by atoms with van der Waals surface area (Å²) in [4.78, 5) is 59.8. The molecule has 2 aromatic rings. The van der Waals surface area contributed by atoms with Crippen LogP contribution >= 0.6 is 34.6 Å². The fraction of sp³-hybridized carbons (Fsp3) is 0.300. The van der Waals surface area contributed by atoms with Crippen molar-refractivity contribution in [2.75, 3.05) is 18.6 Å². The Kier molecular flexibility index (Phi) is 8.54. The van der Waals surface area contributed by atoms with Gasteiger partial charge >= 0.3 is 12.1 Å². The highest BCUT2D eigenvalue weighted by molar-refractivity contribution is 8.00. The van der Waals surface area contributed by atoms with Gasteiger partial charge in [-0.2, -0.15) is 4.98 Å². The number of nitrogen functional groups attached to an aromatic ring is 1. The minimum atomic E-state index is -1.29. The van der Waals surface area contributed by atoms with Crippen LogP contribution < -0.4 is 15.9 Å². The van der Waals surface area contributed by atoms with E-state index in [9.17, 15) is 19.2 Å². The van der Waals surface area contributed by atoms with Crippen molar-refractivity contribution in [2.24, 2.45) is 5.16 Å². The number of nitrogens with one attached hydrogen (secondary N) is 1. The molecule has 18 heteroatoms. The Labute approximate surface area is 226 Å². The molecule has 0 bridgehead atoms. The smallest absolute Gasteiger partial charge is 0.438 e. The number of amides is 2. The van der Waals surface area contributed by atoms with E-state index in [0.29, 0.717) is 17.0 Å². The lowest BCUT2D eigenvalue weighted by molar-refractivity contribution is -0.168. The van der Waals surface area contributed by atoms with Crippen LogP contribution in [0.4, 0.5) is 9.93 Å². The van der Waals surface area contributed by atoms with Gasteiger partial charge < -0.3 is 30.1 Å². The molecule has 3 N–H and O–H groups in total. The lowest BCUT2D eigenvalue weighted by atomic mass is 10.0. The van der Waals surface area contributed by atoms with Crippen LogP contribution in [0.3, 0.4) is 0 Å². The van der Waals surface area contributed by atoms with E-state index in [1.54, 1.807) is 17.5 Å². The summed E-state index contributed by atoms with van der Waals surface area (Å²) in [5, 5.41) is 12.9. The number of fused-ring (bicyclic) bond motifs is 1. The van der Waals surface area contributed by atoms with Gasteiger partial charge in [0.05, 0.1) is 18.2 Å². The maximum atomic E-state index is 13.1. The van der Waals surface area contributed by atoms with E-state index in [4.69, 9.17) is 20.0 Å². The van der Waals surface area contributed by atoms with Crippen molar-refractivity contribution >= 4 is 76.0 Å². The monoisotopic (exact) mass is 581 g/mol. The van der Waals surface area contributed by atoms with Gasteiger partial charge in [0.15, 0.2) is 5.13 Å². The number of rotatable bonds is 9. The first-order valence-electron chi connectivity index (χ1n) is 10.6. The van der Waals surface area contributed by atoms with E-state index < -0.39 is 41.6 Å². The van der Waals surface area contributed by atoms with Crippen LogP contribution in [0, 0.1) is 0 Å². The summed E-state index contributed by atoms with van der Waals surface area (Å²) in [6.45, 7) is 1.32. The number of esters is 1. The first-order valence-corrected chi connectivity index (χ1v) is 13.3. The van der Waals surface area contributed by atoms with Crippen LogP contribution in [0.1, 0.15) is 12.6 Å². The number of aromatic nitrogens is 3. The minimum Gasteiger partial charge on any atom is -0.438 e. The number of hydrogen-bond donors (Lipinski definition) is 2. The third kappa shape index (κ3) is 6.26. The standard InChI is InChI=1S/C20H19N7O8S3/c1-9(34-20(31)32-2)33-18(30)15-10(3-4-11-7-38-26-25-11)6-36-17-14(16(29)27(15)17)23-12(28)5-22-35-13-8-37-19(21)24-13/h3-5,7-9,14,17H,6H2,1-2H3,(H2,21,24)(H,23,28)/b4-3-,22-5-. The second-order valence-electron chi connectivity index (χ2n) is 7.33. The second kappa shape index (κ2) is 12.0. The number of anilines is 1. The van der Waals surface area contributed by atoms with Crippen molar-refractivity contribution in [3.05, 3.63) is 33.8 Å². The lowest BCUT2D eigenvalue weighted by Crippen LogP contribution is -2.70. The normalized spacial score (nSPS) is 19.6. The molecule has 3 atom stereocenters. The van der Waals surface area contributed by atoms with E-state index in [1.807, 2.05) is 0 Å². The molecule has 0 spiro atoms. The molecule has 1 saturated heterocycles. The Balaban J connectivity index is 1.47. The summed E-state index contributed by atoms with van der Waals surface area (Å²) in [5.41, 5.74) is 6.47. The number of ether oxygens (including phenoxy) is 3. The maximum absolute atomic E-state index is 13.1. The van der Waals surface area contributed by atoms with Crippen LogP contribution in [-0.2, 0) is 28.6 Å². The van der Waals surface area contributed by atoms with Crippen molar-refractivity contribution in [2.45, 2.75) is 24.6 Å². The summed E-state index contributed by atoms with van der Waals surface area (Å²) >= 11 is 3.62. The van der Waals surface area contributed by atoms with E-state index in [0.717, 1.165) is 36.2 Å². The van der Waals surface area contributed by atoms with Gasteiger partial charge in [0, 0.05) is 18.1 Å². The molecule has 1 fully saturated rings. The third-order valence-electron chi connectivity index (χ3n) is 4.84. The summed E-state index contributed by atoms with van der Waals surface area (Å²) in [6, 6.07) is -0.936. The fourth-order valence-corrected chi connectivity index (χ4v) is 5.44. The molecule has 0 aromatic carbocycles. The Bertz CT molecular complexity index is 1310. The number of β-lactam (4-membered cyclic amide) rings is 1. The topological polar surface area (TPSA) is 198 Å². The molecular weight excluding hydrogens is 562 g/mol. The van der Waals surface area contributed by atoms with Crippen molar-refractivity contribution in [1.82, 2.24) is 24.8 Å². The zero-order chi connectivity index (χ0) is 27.2. The van der Waals surface area contributed by atoms with Gasteiger partial charge in [-0.25, -0.2) is 9.59 Å². The average Bonchev–Trinajstić information content (AvgIpc) is 3.56. The molecule has 2 aromatic heterocycles. The van der Waals surface area contributed by atoms with Crippen LogP contribution in [0.15, 0.2) is 33.3 Å². The summed E-state index contributed by atoms with van der Waals surface area (Å²) in [7, 11) is 1.11. The van der Waals surface area contributed by atoms with Gasteiger partial charge in [0.2, 0.25) is 6.29 Å². The Morgan fingerprint density at radius 1 is 1.29 bits per heavy atom. The van der Waals surface area contributed by atoms with Gasteiger partial charge in [-0.3, -0.25) is 14.5 Å². The van der Waals surface area contributed by atoms with Crippen LogP contribution in [0.2, 0.25) is 0 Å². The zero-order valence-corrected chi connectivity index (χ0v) is 22.1. The number of nitrogens with zero attached hydrogens (tertiary/aromatic N) is 5. The zero-order valence-electron chi connectivity index (χ0n) is 19.6. The Hall–Kier alpha value is -4.03. The summed E-state index contributed by atoms with van der Waals surface area (Å²) in [5.74, 6) is -1.72. The molecule has 15 nitrogen and oxygen atoms in total. The van der Waals surface area contributed by atoms with Gasteiger partial charge in [-0.15, -0.1) is 28.2 Å². The summed E-state index contributed by atoms with van der Waals surface area (Å²) in [6.07, 6.45) is 1.78. The fourth-order valence-electron chi connectivity index (χ4n) is 3.24. The lowest BCUT2D eigenvalue weighted by Gasteiger charge is -2.49. The van der Waals surface area contributed by atoms with Crippen molar-refractivity contribution < 1.29 is 38.2 Å². The predicted molar refractivity (Wildman–Crippen MR) is 136 cm³/mol. The second-order valence-corrected chi connectivity index (χ2v) is 9.93. The molecule has 0 radical (unpaired) electrons. The minimum absolute atomic E-state index is 0.0536. The molecule has 3 unspecified atom stereocenters. The van der Waals surface area contributed by atoms with E-state index >= 15 is 0 Å². The highest BCUT2D eigenvalue weighted by Crippen LogP contribution is 2.41. The first-order chi connectivity index (χ1) is 18.3. The van der Waals surface area contributed by atoms with Gasteiger partial charge in [-0.1, -0.05) is 15.7 Å². The largest absolute Gasteiger partial charge is 0.511 e. The number of carbonyl (C=O) groups is 4. The quantitative estimate of drug-likeness (QED) is 0.140. The molecule has 4 rings (SSSR count). The summed E-state index contributed by atoms with van der Waals surface area (Å²) < 4.78 is 18.2. The van der Waals surface area contributed by atoms with E-state index in [2.05, 4.69) is 29.8 Å². The molecule has 38 heavy (non-hydrogen) atoms. The third-order valence-corrected chi connectivity index (χ3v) is 7.32. The molecule has 0 aliphatic carbocycles. The SMILES string of the molecule is COC(=O)OC(C)OC(=O)C1=C(/C=C\c2csnn2)CSC2C(NC(=O)/C=N\Oc3csc(N)n3)C(=O)N12. The van der Waals surface area contributed by atoms with Gasteiger partial charge in [0.1, 0.15) is 23.3 Å². The molecule has 4 heterocycles. The maximum Gasteiger partial charge on any atom is 0.511 e. The van der Waals surface area contributed by atoms with Gasteiger partial charge in [-0.05, 0) is 23.2 Å². The first kappa shape index (κ1) is 27.0. The number of nitrogens with two attached hydrogens (primary N) is 1. The molecular formula is C20H19N7O8S3. The highest BCUT2D eigenvalue weighted by atomic mass is 32.2. The predicted octanol–water partition coefficient (Wildman–Crippen LogP) is 0.981. The van der Waals surface area contributed by atoms with Crippen molar-refractivity contribution in [3.63, 3.8) is 0 Å². The van der Waals surface area contributed by atoms with Crippen molar-refractivity contribution in [1.29, 1.82) is 0 Å². The number of carbonyl (C=O) groups excluding carboxylic acids is 4. The number of thioether (sulfide) groups is 1. The number of oxime groups is 1. The molecule has 2 aliphatic heterocycles. The molecule has 200 valence electrons. The van der Waals surface area contributed by atoms with Crippen molar-refractivity contribution in [3.8, 4) is 5.88 Å². The van der Waals surface area contributed by atoms with Crippen LogP contribution in [0.25, 0.3) is 6.08 Å². The van der Waals surface area contributed by atoms with Crippen LogP contribution in [-0.4, -0.2) is 80.2 Å². The number of allylic oxidation sites excluding steroid dienone is 1. The molecule has 2 amide bonds. The van der Waals surface area contributed by atoms with Crippen LogP contribution in [0.5, 0.6) is 5.88 Å². The average molecular weight is 582 g/mol. The Morgan fingerprint density at radius 2 is 2.11 bits per heavy atom. The van der Waals surface area contributed by atoms with E-state index in [1.165, 1.54) is 29.0 Å². The van der Waals surface area contributed by atoms with E-state index in [-0.39, 0.29) is 16.7 Å². The number of thiazole rings is 1. The number of hydrogen-bond acceptors (Lipinski definition) is 16. The molecule has 2 aliphatic rings. The highest BCUT2D eigenvalue weighted by Gasteiger charge is 2.54. The molecule has 0 saturated carbocycles. The number of methoxy groups -OCH3 is 1.